The Hall–Kier alpha value is -3.19. The van der Waals surface area contributed by atoms with Gasteiger partial charge in [-0.3, -0.25) is 15.0 Å². The summed E-state index contributed by atoms with van der Waals surface area (Å²) in [6.07, 6.45) is 1.53. The molecule has 1 aromatic heterocycles. The molecule has 2 aromatic carbocycles. The second-order valence-corrected chi connectivity index (χ2v) is 7.69. The van der Waals surface area contributed by atoms with Crippen molar-refractivity contribution in [3.8, 4) is 11.4 Å². The average Bonchev–Trinajstić information content (AvgIpc) is 3.31. The molecule has 1 saturated heterocycles. The Morgan fingerprint density at radius 2 is 1.87 bits per heavy atom. The standard InChI is InChI=1S/C23H29N7/c1-18-5-3-7-20(13-18)16-29-9-11-30(12-10-29)23(24-2)25-15-19-6-4-8-21(14-19)22-26-17-27-28-22/h3-8,13-14,17H,9-12,15-16H2,1-2H3,(H,24,25)(H,26,27,28). The van der Waals surface area contributed by atoms with Crippen molar-refractivity contribution in [3.63, 3.8) is 0 Å². The van der Waals surface area contributed by atoms with Gasteiger partial charge in [0.05, 0.1) is 0 Å². The average molecular weight is 404 g/mol. The highest BCUT2D eigenvalue weighted by molar-refractivity contribution is 5.80. The van der Waals surface area contributed by atoms with Gasteiger partial charge < -0.3 is 10.2 Å². The summed E-state index contributed by atoms with van der Waals surface area (Å²) in [5.41, 5.74) is 4.93. The zero-order valence-electron chi connectivity index (χ0n) is 17.7. The van der Waals surface area contributed by atoms with Gasteiger partial charge in [-0.05, 0) is 24.1 Å². The highest BCUT2D eigenvalue weighted by atomic mass is 15.3. The van der Waals surface area contributed by atoms with Gasteiger partial charge >= 0.3 is 0 Å². The molecular formula is C23H29N7. The third kappa shape index (κ3) is 5.04. The zero-order valence-corrected chi connectivity index (χ0v) is 17.7. The molecule has 0 saturated carbocycles. The number of piperazine rings is 1. The second-order valence-electron chi connectivity index (χ2n) is 7.69. The molecule has 4 rings (SSSR count). The topological polar surface area (TPSA) is 72.4 Å². The maximum Gasteiger partial charge on any atom is 0.194 e. The Labute approximate surface area is 177 Å². The van der Waals surface area contributed by atoms with Gasteiger partial charge in [-0.15, -0.1) is 0 Å². The van der Waals surface area contributed by atoms with Crippen LogP contribution in [0.5, 0.6) is 0 Å². The van der Waals surface area contributed by atoms with E-state index in [9.17, 15) is 0 Å². The van der Waals surface area contributed by atoms with E-state index in [2.05, 4.69) is 78.6 Å². The molecule has 1 aliphatic heterocycles. The number of aliphatic imine (C=N–C) groups is 1. The van der Waals surface area contributed by atoms with Crippen LogP contribution in [0.25, 0.3) is 11.4 Å². The van der Waals surface area contributed by atoms with Crippen molar-refractivity contribution < 1.29 is 0 Å². The van der Waals surface area contributed by atoms with Crippen LogP contribution in [0.2, 0.25) is 0 Å². The van der Waals surface area contributed by atoms with Crippen LogP contribution in [0.15, 0.2) is 59.9 Å². The lowest BCUT2D eigenvalue weighted by molar-refractivity contribution is 0.172. The number of benzene rings is 2. The quantitative estimate of drug-likeness (QED) is 0.506. The number of hydrogen-bond acceptors (Lipinski definition) is 4. The molecule has 0 atom stereocenters. The van der Waals surface area contributed by atoms with Crippen molar-refractivity contribution in [2.75, 3.05) is 33.2 Å². The van der Waals surface area contributed by atoms with E-state index in [4.69, 9.17) is 0 Å². The SMILES string of the molecule is CN=C(NCc1cccc(-c2ncn[nH]2)c1)N1CCN(Cc2cccc(C)c2)CC1. The fraction of sp³-hybridized carbons (Fsp3) is 0.348. The van der Waals surface area contributed by atoms with Crippen molar-refractivity contribution in [1.82, 2.24) is 30.3 Å². The molecule has 2 N–H and O–H groups in total. The Morgan fingerprint density at radius 3 is 2.60 bits per heavy atom. The molecular weight excluding hydrogens is 374 g/mol. The molecule has 0 spiro atoms. The van der Waals surface area contributed by atoms with E-state index in [0.29, 0.717) is 0 Å². The van der Waals surface area contributed by atoms with Gasteiger partial charge in [0.1, 0.15) is 6.33 Å². The number of aromatic nitrogens is 3. The summed E-state index contributed by atoms with van der Waals surface area (Å²) in [5, 5.41) is 10.4. The summed E-state index contributed by atoms with van der Waals surface area (Å²) in [6.45, 7) is 7.91. The van der Waals surface area contributed by atoms with Crippen LogP contribution in [-0.4, -0.2) is 64.2 Å². The molecule has 3 aromatic rings. The van der Waals surface area contributed by atoms with E-state index in [-0.39, 0.29) is 0 Å². The van der Waals surface area contributed by atoms with Gasteiger partial charge in [0.25, 0.3) is 0 Å². The molecule has 7 heteroatoms. The first kappa shape index (κ1) is 20.1. The molecule has 0 bridgehead atoms. The number of aromatic amines is 1. The largest absolute Gasteiger partial charge is 0.352 e. The van der Waals surface area contributed by atoms with Gasteiger partial charge in [-0.1, -0.05) is 48.0 Å². The second kappa shape index (κ2) is 9.54. The van der Waals surface area contributed by atoms with Gasteiger partial charge in [0, 0.05) is 51.9 Å². The van der Waals surface area contributed by atoms with Crippen molar-refractivity contribution in [1.29, 1.82) is 0 Å². The summed E-state index contributed by atoms with van der Waals surface area (Å²) in [7, 11) is 1.85. The van der Waals surface area contributed by atoms with Gasteiger partial charge in [-0.2, -0.15) is 5.10 Å². The van der Waals surface area contributed by atoms with Crippen LogP contribution < -0.4 is 5.32 Å². The number of guanidine groups is 1. The predicted octanol–water partition coefficient (Wildman–Crippen LogP) is 2.67. The van der Waals surface area contributed by atoms with E-state index >= 15 is 0 Å². The number of H-pyrrole nitrogens is 1. The number of hydrogen-bond donors (Lipinski definition) is 2. The number of nitrogens with zero attached hydrogens (tertiary/aromatic N) is 5. The molecule has 156 valence electrons. The van der Waals surface area contributed by atoms with Gasteiger partial charge in [-0.25, -0.2) is 4.98 Å². The molecule has 0 aliphatic carbocycles. The number of aryl methyl sites for hydroxylation is 1. The summed E-state index contributed by atoms with van der Waals surface area (Å²) in [6, 6.07) is 17.1. The molecule has 0 unspecified atom stereocenters. The van der Waals surface area contributed by atoms with Crippen LogP contribution in [0, 0.1) is 6.92 Å². The third-order valence-corrected chi connectivity index (χ3v) is 5.44. The van der Waals surface area contributed by atoms with Gasteiger partial charge in [0.15, 0.2) is 11.8 Å². The van der Waals surface area contributed by atoms with Crippen LogP contribution >= 0.6 is 0 Å². The predicted molar refractivity (Wildman–Crippen MR) is 120 cm³/mol. The van der Waals surface area contributed by atoms with Crippen molar-refractivity contribution >= 4 is 5.96 Å². The smallest absolute Gasteiger partial charge is 0.194 e. The first-order chi connectivity index (χ1) is 14.7. The van der Waals surface area contributed by atoms with Crippen molar-refractivity contribution in [2.45, 2.75) is 20.0 Å². The maximum absolute atomic E-state index is 4.50. The molecule has 1 aliphatic rings. The summed E-state index contributed by atoms with van der Waals surface area (Å²) >= 11 is 0. The van der Waals surface area contributed by atoms with Gasteiger partial charge in [0.2, 0.25) is 0 Å². The minimum atomic E-state index is 0.720. The first-order valence-corrected chi connectivity index (χ1v) is 10.4. The van der Waals surface area contributed by atoms with E-state index < -0.39 is 0 Å². The zero-order chi connectivity index (χ0) is 20.8. The Balaban J connectivity index is 1.30. The monoisotopic (exact) mass is 403 g/mol. The molecule has 7 nitrogen and oxygen atoms in total. The highest BCUT2D eigenvalue weighted by Crippen LogP contribution is 2.15. The highest BCUT2D eigenvalue weighted by Gasteiger charge is 2.19. The summed E-state index contributed by atoms with van der Waals surface area (Å²) in [4.78, 5) is 13.6. The van der Waals surface area contributed by atoms with Crippen molar-refractivity contribution in [3.05, 3.63) is 71.5 Å². The lowest BCUT2D eigenvalue weighted by Gasteiger charge is -2.36. The molecule has 30 heavy (non-hydrogen) atoms. The maximum atomic E-state index is 4.50. The Bertz CT molecular complexity index is 973. The Morgan fingerprint density at radius 1 is 1.07 bits per heavy atom. The van der Waals surface area contributed by atoms with E-state index in [0.717, 1.165) is 56.6 Å². The fourth-order valence-electron chi connectivity index (χ4n) is 3.87. The van der Waals surface area contributed by atoms with E-state index in [1.807, 2.05) is 19.2 Å². The van der Waals surface area contributed by atoms with Crippen LogP contribution in [0.1, 0.15) is 16.7 Å². The third-order valence-electron chi connectivity index (χ3n) is 5.44. The van der Waals surface area contributed by atoms with E-state index in [1.165, 1.54) is 23.0 Å². The lowest BCUT2D eigenvalue weighted by atomic mass is 10.1. The minimum Gasteiger partial charge on any atom is -0.352 e. The van der Waals surface area contributed by atoms with Crippen LogP contribution in [0.3, 0.4) is 0 Å². The Kier molecular flexibility index (Phi) is 6.39. The molecule has 2 heterocycles. The summed E-state index contributed by atoms with van der Waals surface area (Å²) in [5.74, 6) is 1.74. The molecule has 0 radical (unpaired) electrons. The minimum absolute atomic E-state index is 0.720. The first-order valence-electron chi connectivity index (χ1n) is 10.4. The fourth-order valence-corrected chi connectivity index (χ4v) is 3.87. The lowest BCUT2D eigenvalue weighted by Crippen LogP contribution is -2.52. The summed E-state index contributed by atoms with van der Waals surface area (Å²) < 4.78 is 0. The molecule has 0 amide bonds. The van der Waals surface area contributed by atoms with Crippen LogP contribution in [-0.2, 0) is 13.1 Å². The number of nitrogens with one attached hydrogen (secondary N) is 2. The number of rotatable bonds is 5. The molecule has 1 fully saturated rings. The van der Waals surface area contributed by atoms with Crippen LogP contribution in [0.4, 0.5) is 0 Å². The normalized spacial score (nSPS) is 15.4. The van der Waals surface area contributed by atoms with Crippen molar-refractivity contribution in [2.24, 2.45) is 4.99 Å². The van der Waals surface area contributed by atoms with E-state index in [1.54, 1.807) is 0 Å².